The molecule has 0 bridgehead atoms. The molecule has 0 amide bonds. The van der Waals surface area contributed by atoms with Gasteiger partial charge in [-0.2, -0.15) is 5.10 Å². The molecule has 2 atom stereocenters. The van der Waals surface area contributed by atoms with Gasteiger partial charge in [0.25, 0.3) is 5.56 Å². The lowest BCUT2D eigenvalue weighted by molar-refractivity contribution is 0.363. The molecular weight excluding hydrogens is 290 g/mol. The number of aryl methyl sites for hydroxylation is 1. The molecule has 0 saturated carbocycles. The van der Waals surface area contributed by atoms with Crippen LogP contribution in [0.15, 0.2) is 47.7 Å². The van der Waals surface area contributed by atoms with E-state index in [2.05, 4.69) is 29.2 Å². The van der Waals surface area contributed by atoms with E-state index in [1.165, 1.54) is 0 Å². The summed E-state index contributed by atoms with van der Waals surface area (Å²) >= 11 is 0. The van der Waals surface area contributed by atoms with E-state index in [0.717, 1.165) is 11.3 Å². The molecule has 0 spiro atoms. The maximum atomic E-state index is 12.2. The van der Waals surface area contributed by atoms with Crippen LogP contribution in [0.2, 0.25) is 0 Å². The van der Waals surface area contributed by atoms with E-state index < -0.39 is 0 Å². The number of nitrogens with one attached hydrogen (secondary N) is 1. The van der Waals surface area contributed by atoms with Crippen molar-refractivity contribution in [3.8, 4) is 0 Å². The zero-order valence-electron chi connectivity index (χ0n) is 13.6. The van der Waals surface area contributed by atoms with Gasteiger partial charge in [0.05, 0.1) is 11.7 Å². The van der Waals surface area contributed by atoms with Gasteiger partial charge >= 0.3 is 0 Å². The highest BCUT2D eigenvalue weighted by atomic mass is 16.1. The minimum atomic E-state index is -0.0525. The van der Waals surface area contributed by atoms with Gasteiger partial charge in [-0.25, -0.2) is 4.98 Å². The van der Waals surface area contributed by atoms with Crippen molar-refractivity contribution >= 4 is 5.65 Å². The fourth-order valence-electron chi connectivity index (χ4n) is 2.59. The minimum absolute atomic E-state index is 0.0525. The quantitative estimate of drug-likeness (QED) is 0.782. The van der Waals surface area contributed by atoms with E-state index >= 15 is 0 Å². The molecule has 0 fully saturated rings. The Balaban J connectivity index is 1.77. The highest BCUT2D eigenvalue weighted by Gasteiger charge is 2.14. The summed E-state index contributed by atoms with van der Waals surface area (Å²) in [6, 6.07) is 7.74. The number of pyridine rings is 1. The summed E-state index contributed by atoms with van der Waals surface area (Å²) in [5, 5.41) is 7.69. The van der Waals surface area contributed by atoms with Crippen molar-refractivity contribution in [2.45, 2.75) is 39.4 Å². The second-order valence-corrected chi connectivity index (χ2v) is 5.87. The molecule has 23 heavy (non-hydrogen) atoms. The number of rotatable bonds is 5. The molecule has 0 aliphatic carbocycles. The van der Waals surface area contributed by atoms with Gasteiger partial charge in [0.1, 0.15) is 5.65 Å². The van der Waals surface area contributed by atoms with Crippen molar-refractivity contribution in [3.63, 3.8) is 0 Å². The molecule has 3 heterocycles. The first-order valence-electron chi connectivity index (χ1n) is 7.76. The van der Waals surface area contributed by atoms with Crippen LogP contribution in [0.4, 0.5) is 0 Å². The third-order valence-corrected chi connectivity index (χ3v) is 4.21. The summed E-state index contributed by atoms with van der Waals surface area (Å²) in [5.41, 5.74) is 2.40. The zero-order chi connectivity index (χ0) is 16.4. The molecule has 1 N–H and O–H groups in total. The highest BCUT2D eigenvalue weighted by Crippen LogP contribution is 2.10. The number of fused-ring (bicyclic) bond motifs is 1. The van der Waals surface area contributed by atoms with Crippen molar-refractivity contribution in [1.82, 2.24) is 24.5 Å². The summed E-state index contributed by atoms with van der Waals surface area (Å²) in [6.45, 7) is 6.72. The number of nitrogens with zero attached hydrogens (tertiary/aromatic N) is 4. The highest BCUT2D eigenvalue weighted by molar-refractivity contribution is 5.46. The number of hydrogen-bond donors (Lipinski definition) is 1. The van der Waals surface area contributed by atoms with Crippen LogP contribution >= 0.6 is 0 Å². The van der Waals surface area contributed by atoms with Crippen molar-refractivity contribution in [1.29, 1.82) is 0 Å². The van der Waals surface area contributed by atoms with Gasteiger partial charge in [-0.1, -0.05) is 6.07 Å². The van der Waals surface area contributed by atoms with Crippen molar-refractivity contribution in [2.24, 2.45) is 0 Å². The van der Waals surface area contributed by atoms with Gasteiger partial charge in [0.2, 0.25) is 0 Å². The van der Waals surface area contributed by atoms with Crippen LogP contribution in [0.1, 0.15) is 31.1 Å². The average molecular weight is 311 g/mol. The third kappa shape index (κ3) is 3.17. The topological polar surface area (TPSA) is 64.2 Å². The second-order valence-electron chi connectivity index (χ2n) is 5.87. The molecule has 0 aliphatic rings. The average Bonchev–Trinajstić information content (AvgIpc) is 3.07. The van der Waals surface area contributed by atoms with Crippen LogP contribution in [-0.2, 0) is 6.54 Å². The Hall–Kier alpha value is -2.47. The van der Waals surface area contributed by atoms with Gasteiger partial charge in [0.15, 0.2) is 0 Å². The molecule has 3 rings (SSSR count). The van der Waals surface area contributed by atoms with Crippen LogP contribution < -0.4 is 10.9 Å². The predicted molar refractivity (Wildman–Crippen MR) is 89.4 cm³/mol. The summed E-state index contributed by atoms with van der Waals surface area (Å²) < 4.78 is 3.50. The zero-order valence-corrected chi connectivity index (χ0v) is 13.6. The first-order valence-corrected chi connectivity index (χ1v) is 7.76. The molecule has 0 aromatic carbocycles. The van der Waals surface area contributed by atoms with Crippen LogP contribution in [0.3, 0.4) is 0 Å². The van der Waals surface area contributed by atoms with Crippen LogP contribution in [0.25, 0.3) is 5.65 Å². The molecule has 6 heteroatoms. The lowest BCUT2D eigenvalue weighted by Crippen LogP contribution is -2.34. The van der Waals surface area contributed by atoms with Crippen LogP contribution in [0.5, 0.6) is 0 Å². The van der Waals surface area contributed by atoms with E-state index in [4.69, 9.17) is 0 Å². The van der Waals surface area contributed by atoms with E-state index in [-0.39, 0.29) is 17.6 Å². The molecule has 3 aromatic heterocycles. The van der Waals surface area contributed by atoms with Crippen molar-refractivity contribution in [2.75, 3.05) is 0 Å². The Kier molecular flexibility index (Phi) is 4.25. The van der Waals surface area contributed by atoms with Gasteiger partial charge in [-0.05, 0) is 38.5 Å². The maximum Gasteiger partial charge on any atom is 0.258 e. The fraction of sp³-hybridized carbons (Fsp3) is 0.353. The molecule has 3 aromatic rings. The van der Waals surface area contributed by atoms with E-state index in [0.29, 0.717) is 12.2 Å². The normalized spacial score (nSPS) is 14.0. The van der Waals surface area contributed by atoms with Crippen molar-refractivity contribution in [3.05, 3.63) is 64.5 Å². The molecular formula is C17H21N5O. The van der Waals surface area contributed by atoms with Crippen molar-refractivity contribution < 1.29 is 0 Å². The Bertz CT molecular complexity index is 853. The van der Waals surface area contributed by atoms with E-state index in [1.54, 1.807) is 22.9 Å². The van der Waals surface area contributed by atoms with E-state index in [1.807, 2.05) is 36.0 Å². The summed E-state index contributed by atoms with van der Waals surface area (Å²) in [4.78, 5) is 16.8. The Labute approximate surface area is 134 Å². The molecule has 6 nitrogen and oxygen atoms in total. The van der Waals surface area contributed by atoms with Gasteiger partial charge in [-0.15, -0.1) is 0 Å². The summed E-state index contributed by atoms with van der Waals surface area (Å²) in [7, 11) is 0. The smallest absolute Gasteiger partial charge is 0.258 e. The first kappa shape index (κ1) is 15.4. The molecule has 0 radical (unpaired) electrons. The third-order valence-electron chi connectivity index (χ3n) is 4.21. The largest absolute Gasteiger partial charge is 0.307 e. The predicted octanol–water partition coefficient (Wildman–Crippen LogP) is 1.94. The van der Waals surface area contributed by atoms with Crippen LogP contribution in [-0.4, -0.2) is 25.2 Å². The second kappa shape index (κ2) is 6.34. The lowest BCUT2D eigenvalue weighted by Gasteiger charge is -2.21. The fourth-order valence-corrected chi connectivity index (χ4v) is 2.59. The van der Waals surface area contributed by atoms with Gasteiger partial charge < -0.3 is 5.32 Å². The molecule has 0 aliphatic heterocycles. The SMILES string of the molecule is Cc1cccn2c(=O)cc(CN[C@@H](C)[C@H](C)n3cccn3)nc12. The maximum absolute atomic E-state index is 12.2. The minimum Gasteiger partial charge on any atom is -0.307 e. The standard InChI is InChI=1S/C17H21N5O/c1-12-6-4-8-21-16(23)10-15(20-17(12)21)11-18-13(2)14(3)22-9-5-7-19-22/h4-10,13-14,18H,11H2,1-3H3/t13-,14-/m0/s1. The lowest BCUT2D eigenvalue weighted by atomic mass is 10.1. The summed E-state index contributed by atoms with van der Waals surface area (Å²) in [5.74, 6) is 0. The van der Waals surface area contributed by atoms with Crippen LogP contribution in [0, 0.1) is 6.92 Å². The Morgan fingerprint density at radius 3 is 2.83 bits per heavy atom. The molecule has 0 unspecified atom stereocenters. The molecule has 0 saturated heterocycles. The number of hydrogen-bond acceptors (Lipinski definition) is 4. The monoisotopic (exact) mass is 311 g/mol. The number of aromatic nitrogens is 4. The van der Waals surface area contributed by atoms with E-state index in [9.17, 15) is 4.79 Å². The van der Waals surface area contributed by atoms with Gasteiger partial charge in [-0.3, -0.25) is 13.9 Å². The molecule has 120 valence electrons. The van der Waals surface area contributed by atoms with Gasteiger partial charge in [0, 0.05) is 37.2 Å². The summed E-state index contributed by atoms with van der Waals surface area (Å²) in [6.07, 6.45) is 5.47. The first-order chi connectivity index (χ1) is 11.1. The Morgan fingerprint density at radius 2 is 2.09 bits per heavy atom. The Morgan fingerprint density at radius 1 is 1.26 bits per heavy atom.